The minimum Gasteiger partial charge on any atom is -0.496 e. The highest BCUT2D eigenvalue weighted by Crippen LogP contribution is 2.27. The van der Waals surface area contributed by atoms with Crippen LogP contribution in [0, 0.1) is 0 Å². The first-order valence-electron chi connectivity index (χ1n) is 7.38. The summed E-state index contributed by atoms with van der Waals surface area (Å²) in [6.07, 6.45) is 2.82. The molecule has 0 atom stereocenters. The van der Waals surface area contributed by atoms with Gasteiger partial charge in [-0.2, -0.15) is 5.10 Å². The molecule has 0 unspecified atom stereocenters. The Morgan fingerprint density at radius 2 is 2.00 bits per heavy atom. The molecule has 0 amide bonds. The second-order valence-corrected chi connectivity index (χ2v) is 5.33. The summed E-state index contributed by atoms with van der Waals surface area (Å²) in [6.45, 7) is 4.13. The smallest absolute Gasteiger partial charge is 0.122 e. The van der Waals surface area contributed by atoms with Crippen molar-refractivity contribution in [1.29, 1.82) is 0 Å². The Labute approximate surface area is 125 Å². The van der Waals surface area contributed by atoms with Gasteiger partial charge in [0.1, 0.15) is 5.75 Å². The van der Waals surface area contributed by atoms with Crippen LogP contribution < -0.4 is 15.0 Å². The van der Waals surface area contributed by atoms with Crippen molar-refractivity contribution < 1.29 is 4.74 Å². The summed E-state index contributed by atoms with van der Waals surface area (Å²) < 4.78 is 7.44. The minimum absolute atomic E-state index is 0.833. The number of methoxy groups -OCH3 is 1. The zero-order valence-electron chi connectivity index (χ0n) is 12.7. The van der Waals surface area contributed by atoms with Gasteiger partial charge in [0.25, 0.3) is 0 Å². The van der Waals surface area contributed by atoms with Crippen molar-refractivity contribution in [3.05, 3.63) is 41.7 Å². The van der Waals surface area contributed by atoms with Crippen molar-refractivity contribution >= 4 is 5.69 Å². The van der Waals surface area contributed by atoms with Crippen molar-refractivity contribution in [3.63, 3.8) is 0 Å². The van der Waals surface area contributed by atoms with Gasteiger partial charge in [0.05, 0.1) is 24.7 Å². The maximum atomic E-state index is 5.47. The Morgan fingerprint density at radius 3 is 2.76 bits per heavy atom. The Hall–Kier alpha value is -2.01. The first-order valence-corrected chi connectivity index (χ1v) is 7.38. The minimum atomic E-state index is 0.833. The van der Waals surface area contributed by atoms with E-state index in [1.54, 1.807) is 7.11 Å². The van der Waals surface area contributed by atoms with Crippen molar-refractivity contribution in [2.24, 2.45) is 7.05 Å². The molecule has 0 saturated carbocycles. The number of para-hydroxylation sites is 1. The summed E-state index contributed by atoms with van der Waals surface area (Å²) >= 11 is 0. The van der Waals surface area contributed by atoms with E-state index < -0.39 is 0 Å². The average molecular weight is 286 g/mol. The third-order valence-electron chi connectivity index (χ3n) is 4.05. The number of rotatable bonds is 4. The van der Waals surface area contributed by atoms with Crippen LogP contribution in [0.5, 0.6) is 5.75 Å². The molecule has 1 saturated heterocycles. The lowest BCUT2D eigenvalue weighted by Gasteiger charge is -2.29. The lowest BCUT2D eigenvalue weighted by molar-refractivity contribution is 0.410. The van der Waals surface area contributed by atoms with Crippen LogP contribution >= 0.6 is 0 Å². The first-order chi connectivity index (χ1) is 10.3. The second-order valence-electron chi connectivity index (χ2n) is 5.33. The number of aryl methyl sites for hydroxylation is 1. The number of ether oxygens (including phenoxy) is 1. The molecular formula is C16H22N4O. The normalized spacial score (nSPS) is 15.2. The number of hydrogen-bond donors (Lipinski definition) is 1. The van der Waals surface area contributed by atoms with Crippen LogP contribution in [0.2, 0.25) is 0 Å². The van der Waals surface area contributed by atoms with E-state index in [2.05, 4.69) is 27.4 Å². The van der Waals surface area contributed by atoms with Crippen LogP contribution in [-0.4, -0.2) is 43.1 Å². The number of nitrogens with zero attached hydrogens (tertiary/aromatic N) is 3. The SMILES string of the molecule is COc1ccccc1Cc1c(N2CCNCC2)cnn1C. The standard InChI is InChI=1S/C16H22N4O/c1-19-14(11-13-5-3-4-6-16(13)21-2)15(12-18-19)20-9-7-17-8-10-20/h3-6,12,17H,7-11H2,1-2H3. The predicted octanol–water partition coefficient (Wildman–Crippen LogP) is 1.43. The van der Waals surface area contributed by atoms with Crippen LogP contribution in [0.3, 0.4) is 0 Å². The van der Waals surface area contributed by atoms with E-state index in [4.69, 9.17) is 4.74 Å². The number of anilines is 1. The van der Waals surface area contributed by atoms with Gasteiger partial charge in [-0.1, -0.05) is 18.2 Å². The average Bonchev–Trinajstić information content (AvgIpc) is 2.90. The Bertz CT molecular complexity index is 602. The molecule has 3 rings (SSSR count). The maximum absolute atomic E-state index is 5.47. The molecule has 0 aliphatic carbocycles. The molecule has 1 fully saturated rings. The van der Waals surface area contributed by atoms with E-state index in [1.165, 1.54) is 16.9 Å². The lowest BCUT2D eigenvalue weighted by atomic mass is 10.1. The van der Waals surface area contributed by atoms with E-state index in [-0.39, 0.29) is 0 Å². The fourth-order valence-corrected chi connectivity index (χ4v) is 2.86. The van der Waals surface area contributed by atoms with Gasteiger partial charge < -0.3 is 15.0 Å². The zero-order chi connectivity index (χ0) is 14.7. The van der Waals surface area contributed by atoms with Gasteiger partial charge in [0.2, 0.25) is 0 Å². The van der Waals surface area contributed by atoms with Crippen LogP contribution in [0.15, 0.2) is 30.5 Å². The van der Waals surface area contributed by atoms with Gasteiger partial charge in [-0.25, -0.2) is 0 Å². The summed E-state index contributed by atoms with van der Waals surface area (Å²) in [7, 11) is 3.73. The summed E-state index contributed by atoms with van der Waals surface area (Å²) in [5.41, 5.74) is 3.67. The number of hydrogen-bond acceptors (Lipinski definition) is 4. The quantitative estimate of drug-likeness (QED) is 0.923. The number of benzene rings is 1. The van der Waals surface area contributed by atoms with Crippen molar-refractivity contribution in [1.82, 2.24) is 15.1 Å². The third kappa shape index (κ3) is 2.88. The third-order valence-corrected chi connectivity index (χ3v) is 4.05. The molecular weight excluding hydrogens is 264 g/mol. The molecule has 1 aromatic heterocycles. The molecule has 2 aromatic rings. The van der Waals surface area contributed by atoms with Gasteiger partial charge in [0.15, 0.2) is 0 Å². The predicted molar refractivity (Wildman–Crippen MR) is 84.1 cm³/mol. The second kappa shape index (κ2) is 6.18. The van der Waals surface area contributed by atoms with E-state index in [1.807, 2.05) is 30.1 Å². The molecule has 1 aromatic carbocycles. The van der Waals surface area contributed by atoms with Gasteiger partial charge >= 0.3 is 0 Å². The highest BCUT2D eigenvalue weighted by molar-refractivity contribution is 5.53. The van der Waals surface area contributed by atoms with Crippen LogP contribution in [0.1, 0.15) is 11.3 Å². The Kier molecular flexibility index (Phi) is 4.10. The molecule has 0 radical (unpaired) electrons. The van der Waals surface area contributed by atoms with Crippen LogP contribution in [0.4, 0.5) is 5.69 Å². The van der Waals surface area contributed by atoms with E-state index in [9.17, 15) is 0 Å². The van der Waals surface area contributed by atoms with Crippen molar-refractivity contribution in [2.75, 3.05) is 38.2 Å². The van der Waals surface area contributed by atoms with Crippen LogP contribution in [0.25, 0.3) is 0 Å². The monoisotopic (exact) mass is 286 g/mol. The highest BCUT2D eigenvalue weighted by Gasteiger charge is 2.18. The molecule has 112 valence electrons. The van der Waals surface area contributed by atoms with E-state index in [0.717, 1.165) is 38.3 Å². The van der Waals surface area contributed by atoms with Gasteiger partial charge in [-0.05, 0) is 6.07 Å². The number of piperazine rings is 1. The van der Waals surface area contributed by atoms with Crippen molar-refractivity contribution in [3.8, 4) is 5.75 Å². The molecule has 5 heteroatoms. The molecule has 5 nitrogen and oxygen atoms in total. The molecule has 0 bridgehead atoms. The van der Waals surface area contributed by atoms with Gasteiger partial charge in [-0.3, -0.25) is 4.68 Å². The van der Waals surface area contributed by atoms with Crippen molar-refractivity contribution in [2.45, 2.75) is 6.42 Å². The fourth-order valence-electron chi connectivity index (χ4n) is 2.86. The largest absolute Gasteiger partial charge is 0.496 e. The topological polar surface area (TPSA) is 42.3 Å². The molecule has 0 spiro atoms. The Balaban J connectivity index is 1.89. The molecule has 1 aliphatic rings. The summed E-state index contributed by atoms with van der Waals surface area (Å²) in [6, 6.07) is 8.19. The van der Waals surface area contributed by atoms with Gasteiger partial charge in [-0.15, -0.1) is 0 Å². The number of aromatic nitrogens is 2. The van der Waals surface area contributed by atoms with E-state index in [0.29, 0.717) is 0 Å². The molecule has 2 heterocycles. The maximum Gasteiger partial charge on any atom is 0.122 e. The lowest BCUT2D eigenvalue weighted by Crippen LogP contribution is -2.43. The molecule has 1 aliphatic heterocycles. The molecule has 1 N–H and O–H groups in total. The summed E-state index contributed by atoms with van der Waals surface area (Å²) in [5, 5.41) is 7.85. The van der Waals surface area contributed by atoms with Gasteiger partial charge in [0, 0.05) is 45.2 Å². The number of nitrogens with one attached hydrogen (secondary N) is 1. The zero-order valence-corrected chi connectivity index (χ0v) is 12.7. The van der Waals surface area contributed by atoms with E-state index >= 15 is 0 Å². The summed E-state index contributed by atoms with van der Waals surface area (Å²) in [4.78, 5) is 2.41. The molecule has 21 heavy (non-hydrogen) atoms. The first kappa shape index (κ1) is 13.9. The Morgan fingerprint density at radius 1 is 1.24 bits per heavy atom. The fraction of sp³-hybridized carbons (Fsp3) is 0.438. The van der Waals surface area contributed by atoms with Crippen LogP contribution in [-0.2, 0) is 13.5 Å². The summed E-state index contributed by atoms with van der Waals surface area (Å²) in [5.74, 6) is 0.935. The highest BCUT2D eigenvalue weighted by atomic mass is 16.5.